The van der Waals surface area contributed by atoms with Gasteiger partial charge in [0, 0.05) is 0 Å². The molecule has 0 aliphatic carbocycles. The molecule has 0 aliphatic rings. The molecule has 0 bridgehead atoms. The number of nitrogens with zero attached hydrogens (tertiary/aromatic N) is 3. The molecule has 8 heteroatoms. The molecule has 0 aliphatic heterocycles. The van der Waals surface area contributed by atoms with Crippen molar-refractivity contribution in [2.24, 2.45) is 0 Å². The molecule has 152 valence electrons. The van der Waals surface area contributed by atoms with Crippen LogP contribution >= 0.6 is 11.3 Å². The topological polar surface area (TPSA) is 85.5 Å². The van der Waals surface area contributed by atoms with Crippen LogP contribution in [0, 0.1) is 13.8 Å². The normalized spacial score (nSPS) is 10.8. The second kappa shape index (κ2) is 9.00. The van der Waals surface area contributed by atoms with Crippen molar-refractivity contribution in [1.82, 2.24) is 10.1 Å². The Morgan fingerprint density at radius 1 is 1.17 bits per heavy atom. The Labute approximate surface area is 173 Å². The molecule has 3 rings (SSSR count). The summed E-state index contributed by atoms with van der Waals surface area (Å²) in [6, 6.07) is 9.62. The molecule has 0 radical (unpaired) electrons. The van der Waals surface area contributed by atoms with Crippen LogP contribution < -0.4 is 4.90 Å². The lowest BCUT2D eigenvalue weighted by molar-refractivity contribution is 0.0531. The third-order valence-corrected chi connectivity index (χ3v) is 5.55. The van der Waals surface area contributed by atoms with Gasteiger partial charge in [0.05, 0.1) is 24.5 Å². The van der Waals surface area contributed by atoms with E-state index in [4.69, 9.17) is 9.26 Å². The summed E-state index contributed by atoms with van der Waals surface area (Å²) in [5.41, 5.74) is 2.52. The number of carbonyl (C=O) groups is 2. The Bertz CT molecular complexity index is 1010. The zero-order valence-corrected chi connectivity index (χ0v) is 17.7. The first-order valence-corrected chi connectivity index (χ1v) is 10.2. The number of anilines is 1. The zero-order valence-electron chi connectivity index (χ0n) is 16.9. The first-order valence-electron chi connectivity index (χ1n) is 9.41. The maximum Gasteiger partial charge on any atom is 0.350 e. The number of aryl methyl sites for hydroxylation is 3. The number of ether oxygens (including phenoxy) is 1. The van der Waals surface area contributed by atoms with Crippen LogP contribution in [-0.4, -0.2) is 28.6 Å². The molecule has 0 saturated heterocycles. The minimum Gasteiger partial charge on any atom is -0.462 e. The number of benzene rings is 1. The van der Waals surface area contributed by atoms with Gasteiger partial charge in [-0.05, 0) is 32.8 Å². The summed E-state index contributed by atoms with van der Waals surface area (Å²) >= 11 is 1.15. The first kappa shape index (κ1) is 20.7. The summed E-state index contributed by atoms with van der Waals surface area (Å²) in [4.78, 5) is 32.2. The van der Waals surface area contributed by atoms with Gasteiger partial charge in [-0.15, -0.1) is 0 Å². The third kappa shape index (κ3) is 4.37. The van der Waals surface area contributed by atoms with Gasteiger partial charge in [0.25, 0.3) is 5.91 Å². The quantitative estimate of drug-likeness (QED) is 0.536. The Morgan fingerprint density at radius 2 is 1.90 bits per heavy atom. The average molecular weight is 413 g/mol. The van der Waals surface area contributed by atoms with Crippen LogP contribution in [-0.2, 0) is 17.7 Å². The SMILES string of the molecule is CCOC(=O)c1sc(N(Cc2ccccc2)C(=O)c2c(CC)noc2C)nc1C. The van der Waals surface area contributed by atoms with E-state index in [1.165, 1.54) is 0 Å². The number of hydrogen-bond donors (Lipinski definition) is 0. The lowest BCUT2D eigenvalue weighted by Gasteiger charge is -2.20. The van der Waals surface area contributed by atoms with Gasteiger partial charge in [0.15, 0.2) is 5.13 Å². The Morgan fingerprint density at radius 3 is 2.55 bits per heavy atom. The van der Waals surface area contributed by atoms with Crippen molar-refractivity contribution in [3.8, 4) is 0 Å². The van der Waals surface area contributed by atoms with E-state index in [9.17, 15) is 9.59 Å². The van der Waals surface area contributed by atoms with Crippen molar-refractivity contribution in [1.29, 1.82) is 0 Å². The average Bonchev–Trinajstić information content (AvgIpc) is 3.29. The molecular formula is C21H23N3O4S. The molecule has 7 nitrogen and oxygen atoms in total. The maximum absolute atomic E-state index is 13.5. The number of amides is 1. The van der Waals surface area contributed by atoms with Gasteiger partial charge in [0.2, 0.25) is 0 Å². The molecular weight excluding hydrogens is 390 g/mol. The van der Waals surface area contributed by atoms with E-state index >= 15 is 0 Å². The fourth-order valence-electron chi connectivity index (χ4n) is 2.94. The Hall–Kier alpha value is -3.00. The number of hydrogen-bond acceptors (Lipinski definition) is 7. The Balaban J connectivity index is 2.04. The fourth-order valence-corrected chi connectivity index (χ4v) is 3.90. The third-order valence-electron chi connectivity index (χ3n) is 4.39. The van der Waals surface area contributed by atoms with Crippen LogP contribution in [0.1, 0.15) is 56.6 Å². The van der Waals surface area contributed by atoms with Crippen molar-refractivity contribution >= 4 is 28.3 Å². The van der Waals surface area contributed by atoms with Crippen molar-refractivity contribution in [2.45, 2.75) is 40.7 Å². The molecule has 0 N–H and O–H groups in total. The predicted molar refractivity (Wildman–Crippen MR) is 110 cm³/mol. The molecule has 3 aromatic rings. The van der Waals surface area contributed by atoms with E-state index in [1.807, 2.05) is 37.3 Å². The van der Waals surface area contributed by atoms with E-state index in [-0.39, 0.29) is 12.5 Å². The highest BCUT2D eigenvalue weighted by Crippen LogP contribution is 2.30. The lowest BCUT2D eigenvalue weighted by atomic mass is 10.1. The predicted octanol–water partition coefficient (Wildman–Crippen LogP) is 4.33. The number of esters is 1. The standard InChI is InChI=1S/C21H23N3O4S/c1-5-16-17(14(4)28-23-16)19(25)24(12-15-10-8-7-9-11-15)21-22-13(3)18(29-21)20(26)27-6-2/h7-11H,5-6,12H2,1-4H3. The fraction of sp³-hybridized carbons (Fsp3) is 0.333. The van der Waals surface area contributed by atoms with E-state index in [2.05, 4.69) is 10.1 Å². The van der Waals surface area contributed by atoms with Gasteiger partial charge in [-0.2, -0.15) is 0 Å². The van der Waals surface area contributed by atoms with Crippen LogP contribution in [0.3, 0.4) is 0 Å². The molecule has 0 fully saturated rings. The highest BCUT2D eigenvalue weighted by molar-refractivity contribution is 7.17. The van der Waals surface area contributed by atoms with E-state index in [1.54, 1.807) is 25.7 Å². The molecule has 1 aromatic carbocycles. The van der Waals surface area contributed by atoms with Gasteiger partial charge in [0.1, 0.15) is 16.2 Å². The number of aromatic nitrogens is 2. The molecule has 29 heavy (non-hydrogen) atoms. The molecule has 2 aromatic heterocycles. The molecule has 0 atom stereocenters. The molecule has 0 saturated carbocycles. The van der Waals surface area contributed by atoms with Gasteiger partial charge < -0.3 is 9.26 Å². The van der Waals surface area contributed by atoms with Crippen LogP contribution in [0.4, 0.5) is 5.13 Å². The second-order valence-electron chi connectivity index (χ2n) is 6.42. The minimum atomic E-state index is -0.434. The number of carbonyl (C=O) groups excluding carboxylic acids is 2. The smallest absolute Gasteiger partial charge is 0.350 e. The first-order chi connectivity index (χ1) is 14.0. The van der Waals surface area contributed by atoms with Crippen LogP contribution in [0.15, 0.2) is 34.9 Å². The highest BCUT2D eigenvalue weighted by atomic mass is 32.1. The highest BCUT2D eigenvalue weighted by Gasteiger charge is 2.29. The zero-order chi connectivity index (χ0) is 21.0. The van der Waals surface area contributed by atoms with E-state index in [0.717, 1.165) is 16.9 Å². The summed E-state index contributed by atoms with van der Waals surface area (Å²) in [5.74, 6) is -0.228. The van der Waals surface area contributed by atoms with Gasteiger partial charge in [-0.3, -0.25) is 9.69 Å². The largest absolute Gasteiger partial charge is 0.462 e. The monoisotopic (exact) mass is 413 g/mol. The number of thiazole rings is 1. The molecule has 1 amide bonds. The summed E-state index contributed by atoms with van der Waals surface area (Å²) in [5, 5.41) is 4.43. The summed E-state index contributed by atoms with van der Waals surface area (Å²) in [7, 11) is 0. The molecule has 2 heterocycles. The minimum absolute atomic E-state index is 0.256. The van der Waals surface area contributed by atoms with Crippen molar-refractivity contribution in [3.63, 3.8) is 0 Å². The summed E-state index contributed by atoms with van der Waals surface area (Å²) in [6.07, 6.45) is 0.572. The number of rotatable bonds is 7. The maximum atomic E-state index is 13.5. The van der Waals surface area contributed by atoms with Crippen LogP contribution in [0.2, 0.25) is 0 Å². The lowest BCUT2D eigenvalue weighted by Crippen LogP contribution is -2.31. The van der Waals surface area contributed by atoms with Crippen molar-refractivity contribution < 1.29 is 18.8 Å². The second-order valence-corrected chi connectivity index (χ2v) is 7.40. The molecule has 0 unspecified atom stereocenters. The van der Waals surface area contributed by atoms with Gasteiger partial charge >= 0.3 is 5.97 Å². The summed E-state index contributed by atoms with van der Waals surface area (Å²) < 4.78 is 10.4. The van der Waals surface area contributed by atoms with E-state index in [0.29, 0.717) is 45.7 Å². The van der Waals surface area contributed by atoms with E-state index < -0.39 is 5.97 Å². The van der Waals surface area contributed by atoms with Crippen LogP contribution in [0.5, 0.6) is 0 Å². The van der Waals surface area contributed by atoms with Gasteiger partial charge in [-0.25, -0.2) is 9.78 Å². The summed E-state index contributed by atoms with van der Waals surface area (Å²) in [6.45, 7) is 7.71. The van der Waals surface area contributed by atoms with Crippen LogP contribution in [0.25, 0.3) is 0 Å². The van der Waals surface area contributed by atoms with Crippen molar-refractivity contribution in [3.05, 3.63) is 63.5 Å². The molecule has 0 spiro atoms. The van der Waals surface area contributed by atoms with Gasteiger partial charge in [-0.1, -0.05) is 53.7 Å². The Kier molecular flexibility index (Phi) is 6.43. The van der Waals surface area contributed by atoms with Crippen molar-refractivity contribution in [2.75, 3.05) is 11.5 Å².